The largest absolute Gasteiger partial charge is 0.352 e. The molecule has 30 heavy (non-hydrogen) atoms. The van der Waals surface area contributed by atoms with Crippen LogP contribution in [-0.4, -0.2) is 24.4 Å². The van der Waals surface area contributed by atoms with Crippen molar-refractivity contribution < 1.29 is 9.59 Å². The van der Waals surface area contributed by atoms with Crippen LogP contribution in [0.1, 0.15) is 67.3 Å². The van der Waals surface area contributed by atoms with Gasteiger partial charge in [0.2, 0.25) is 5.91 Å². The Balaban J connectivity index is 0.00000218. The molecule has 4 bridgehead atoms. The molecule has 164 valence electrons. The number of nitrogens with one attached hydrogen (secondary N) is 2. The predicted molar refractivity (Wildman–Crippen MR) is 119 cm³/mol. The molecule has 5 aliphatic carbocycles. The minimum absolute atomic E-state index is 0. The van der Waals surface area contributed by atoms with Gasteiger partial charge >= 0.3 is 0 Å². The van der Waals surface area contributed by atoms with Gasteiger partial charge in [-0.1, -0.05) is 12.1 Å². The molecular weight excluding hydrogens is 398 g/mol. The third-order valence-electron chi connectivity index (χ3n) is 7.95. The third kappa shape index (κ3) is 4.24. The van der Waals surface area contributed by atoms with E-state index in [9.17, 15) is 9.59 Å². The van der Waals surface area contributed by atoms with Crippen LogP contribution in [0.2, 0.25) is 0 Å². The minimum atomic E-state index is -0.103. The summed E-state index contributed by atoms with van der Waals surface area (Å²) in [5.41, 5.74) is 7.37. The van der Waals surface area contributed by atoms with Crippen molar-refractivity contribution in [3.8, 4) is 0 Å². The molecule has 5 nitrogen and oxygen atoms in total. The molecule has 2 amide bonds. The number of rotatable bonds is 7. The van der Waals surface area contributed by atoms with E-state index in [1.54, 1.807) is 0 Å². The maximum absolute atomic E-state index is 13.1. The molecule has 0 aliphatic heterocycles. The first-order valence-electron chi connectivity index (χ1n) is 11.4. The van der Waals surface area contributed by atoms with Crippen LogP contribution < -0.4 is 16.4 Å². The van der Waals surface area contributed by atoms with E-state index in [2.05, 4.69) is 10.6 Å². The molecule has 0 radical (unpaired) electrons. The van der Waals surface area contributed by atoms with Gasteiger partial charge in [-0.3, -0.25) is 9.59 Å². The Kier molecular flexibility index (Phi) is 6.13. The van der Waals surface area contributed by atoms with Gasteiger partial charge in [-0.05, 0) is 92.7 Å². The fourth-order valence-electron chi connectivity index (χ4n) is 6.65. The first-order valence-corrected chi connectivity index (χ1v) is 11.4. The van der Waals surface area contributed by atoms with Crippen LogP contribution in [0.4, 0.5) is 0 Å². The van der Waals surface area contributed by atoms with Crippen LogP contribution in [0.15, 0.2) is 24.3 Å². The van der Waals surface area contributed by atoms with E-state index in [4.69, 9.17) is 5.73 Å². The Labute approximate surface area is 185 Å². The van der Waals surface area contributed by atoms with Gasteiger partial charge in [0, 0.05) is 30.1 Å². The normalized spacial score (nSPS) is 32.2. The zero-order chi connectivity index (χ0) is 20.0. The molecule has 6 rings (SSSR count). The minimum Gasteiger partial charge on any atom is -0.352 e. The molecule has 1 unspecified atom stereocenters. The molecule has 4 N–H and O–H groups in total. The number of hydrogen-bond acceptors (Lipinski definition) is 3. The average Bonchev–Trinajstić information content (AvgIpc) is 3.54. The molecule has 0 saturated heterocycles. The van der Waals surface area contributed by atoms with Crippen molar-refractivity contribution in [1.82, 2.24) is 10.6 Å². The molecule has 6 heteroatoms. The molecule has 0 heterocycles. The highest BCUT2D eigenvalue weighted by molar-refractivity contribution is 5.94. The van der Waals surface area contributed by atoms with Gasteiger partial charge < -0.3 is 16.4 Å². The number of hydrogen-bond donors (Lipinski definition) is 3. The van der Waals surface area contributed by atoms with Gasteiger partial charge in [0.05, 0.1) is 0 Å². The number of carbonyl (C=O) groups excluding carboxylic acids is 2. The van der Waals surface area contributed by atoms with E-state index in [1.165, 1.54) is 19.3 Å². The van der Waals surface area contributed by atoms with Crippen LogP contribution in [0.5, 0.6) is 0 Å². The van der Waals surface area contributed by atoms with Gasteiger partial charge in [-0.15, -0.1) is 12.4 Å². The van der Waals surface area contributed by atoms with Crippen LogP contribution in [-0.2, 0) is 11.3 Å². The SMILES string of the molecule is Cl.NCC(NC(=O)c1ccc(CNC(=O)C23CC4CC(CC(C4)C2)C3)cc1)C1CC1. The summed E-state index contributed by atoms with van der Waals surface area (Å²) in [7, 11) is 0. The highest BCUT2D eigenvalue weighted by Crippen LogP contribution is 2.60. The zero-order valence-electron chi connectivity index (χ0n) is 17.6. The Hall–Kier alpha value is -1.59. The number of carbonyl (C=O) groups is 2. The molecule has 5 saturated carbocycles. The Morgan fingerprint density at radius 2 is 1.57 bits per heavy atom. The highest BCUT2D eigenvalue weighted by Gasteiger charge is 2.54. The monoisotopic (exact) mass is 431 g/mol. The van der Waals surface area contributed by atoms with Crippen LogP contribution in [0.3, 0.4) is 0 Å². The Morgan fingerprint density at radius 3 is 2.07 bits per heavy atom. The van der Waals surface area contributed by atoms with Gasteiger partial charge in [0.15, 0.2) is 0 Å². The van der Waals surface area contributed by atoms with Crippen molar-refractivity contribution >= 4 is 24.2 Å². The molecule has 1 atom stereocenters. The molecule has 5 aliphatic rings. The highest BCUT2D eigenvalue weighted by atomic mass is 35.5. The lowest BCUT2D eigenvalue weighted by Gasteiger charge is -2.55. The number of benzene rings is 1. The smallest absolute Gasteiger partial charge is 0.251 e. The third-order valence-corrected chi connectivity index (χ3v) is 7.95. The van der Waals surface area contributed by atoms with E-state index in [0.717, 1.165) is 55.4 Å². The predicted octanol–water partition coefficient (Wildman–Crippen LogP) is 3.41. The summed E-state index contributed by atoms with van der Waals surface area (Å²) in [6.45, 7) is 1.03. The van der Waals surface area contributed by atoms with Crippen molar-refractivity contribution in [1.29, 1.82) is 0 Å². The van der Waals surface area contributed by atoms with Crippen molar-refractivity contribution in [3.63, 3.8) is 0 Å². The van der Waals surface area contributed by atoms with Crippen molar-refractivity contribution in [2.24, 2.45) is 34.8 Å². The summed E-state index contributed by atoms with van der Waals surface area (Å²) in [5.74, 6) is 3.07. The topological polar surface area (TPSA) is 84.2 Å². The second kappa shape index (κ2) is 8.51. The lowest BCUT2D eigenvalue weighted by atomic mass is 9.49. The molecule has 1 aromatic carbocycles. The number of amides is 2. The Bertz CT molecular complexity index is 755. The summed E-state index contributed by atoms with van der Waals surface area (Å²) in [6.07, 6.45) is 9.63. The summed E-state index contributed by atoms with van der Waals surface area (Å²) in [4.78, 5) is 25.5. The number of halogens is 1. The van der Waals surface area contributed by atoms with Crippen molar-refractivity contribution in [2.75, 3.05) is 6.54 Å². The van der Waals surface area contributed by atoms with E-state index in [1.807, 2.05) is 24.3 Å². The van der Waals surface area contributed by atoms with E-state index in [-0.39, 0.29) is 35.7 Å². The summed E-state index contributed by atoms with van der Waals surface area (Å²) >= 11 is 0. The average molecular weight is 432 g/mol. The van der Waals surface area contributed by atoms with E-state index >= 15 is 0 Å². The van der Waals surface area contributed by atoms with E-state index < -0.39 is 0 Å². The molecule has 5 fully saturated rings. The molecule has 1 aromatic rings. The van der Waals surface area contributed by atoms with Gasteiger partial charge in [0.25, 0.3) is 5.91 Å². The second-order valence-electron chi connectivity index (χ2n) is 10.2. The van der Waals surface area contributed by atoms with Gasteiger partial charge in [-0.25, -0.2) is 0 Å². The van der Waals surface area contributed by atoms with Gasteiger partial charge in [-0.2, -0.15) is 0 Å². The number of nitrogens with two attached hydrogens (primary N) is 1. The molecule has 0 spiro atoms. The van der Waals surface area contributed by atoms with E-state index in [0.29, 0.717) is 24.6 Å². The first-order chi connectivity index (χ1) is 14.0. The lowest BCUT2D eigenvalue weighted by Crippen LogP contribution is -2.53. The van der Waals surface area contributed by atoms with Crippen LogP contribution in [0, 0.1) is 29.1 Å². The maximum atomic E-state index is 13.1. The quantitative estimate of drug-likeness (QED) is 0.618. The molecular formula is C24H34ClN3O2. The maximum Gasteiger partial charge on any atom is 0.251 e. The van der Waals surface area contributed by atoms with Crippen LogP contribution in [0.25, 0.3) is 0 Å². The second-order valence-corrected chi connectivity index (χ2v) is 10.2. The Morgan fingerprint density at radius 1 is 1.00 bits per heavy atom. The fourth-order valence-corrected chi connectivity index (χ4v) is 6.65. The molecule has 0 aromatic heterocycles. The standard InChI is InChI=1S/C24H33N3O2.ClH/c25-13-21(19-5-6-19)27-22(28)20-3-1-15(2-4-20)14-26-23(29)24-10-16-7-17(11-24)9-18(8-16)12-24;/h1-4,16-19,21H,5-14,25H2,(H,26,29)(H,27,28);1H. The van der Waals surface area contributed by atoms with Crippen molar-refractivity contribution in [3.05, 3.63) is 35.4 Å². The summed E-state index contributed by atoms with van der Waals surface area (Å²) in [6, 6.07) is 7.68. The van der Waals surface area contributed by atoms with Crippen LogP contribution >= 0.6 is 12.4 Å². The summed E-state index contributed by atoms with van der Waals surface area (Å²) in [5, 5.41) is 6.27. The zero-order valence-corrected chi connectivity index (χ0v) is 18.4. The first kappa shape index (κ1) is 21.6. The lowest BCUT2D eigenvalue weighted by molar-refractivity contribution is -0.146. The van der Waals surface area contributed by atoms with Crippen molar-refractivity contribution in [2.45, 2.75) is 64.0 Å². The fraction of sp³-hybridized carbons (Fsp3) is 0.667. The summed E-state index contributed by atoms with van der Waals surface area (Å²) < 4.78 is 0. The van der Waals surface area contributed by atoms with Gasteiger partial charge in [0.1, 0.15) is 0 Å².